The molecule has 0 amide bonds. The highest BCUT2D eigenvalue weighted by molar-refractivity contribution is 7.18. The predicted octanol–water partition coefficient (Wildman–Crippen LogP) is 3.07. The average molecular weight is 339 g/mol. The molecule has 3 heterocycles. The van der Waals surface area contributed by atoms with E-state index in [0.29, 0.717) is 6.54 Å². The summed E-state index contributed by atoms with van der Waals surface area (Å²) in [5.74, 6) is 0. The highest BCUT2D eigenvalue weighted by Crippen LogP contribution is 2.31. The third-order valence-electron chi connectivity index (χ3n) is 3.98. The number of benzene rings is 1. The summed E-state index contributed by atoms with van der Waals surface area (Å²) in [6.07, 6.45) is 2.57. The summed E-state index contributed by atoms with van der Waals surface area (Å²) in [6, 6.07) is 10.8. The van der Waals surface area contributed by atoms with Crippen molar-refractivity contribution in [2.24, 2.45) is 0 Å². The molecule has 24 heavy (non-hydrogen) atoms. The van der Waals surface area contributed by atoms with Crippen LogP contribution in [0.4, 0.5) is 10.8 Å². The van der Waals surface area contributed by atoms with Gasteiger partial charge in [0.2, 0.25) is 5.13 Å². The van der Waals surface area contributed by atoms with Gasteiger partial charge in [-0.3, -0.25) is 15.1 Å². The zero-order valence-corrected chi connectivity index (χ0v) is 13.4. The van der Waals surface area contributed by atoms with E-state index in [1.54, 1.807) is 18.3 Å². The summed E-state index contributed by atoms with van der Waals surface area (Å²) in [5.41, 5.74) is 3.06. The number of aromatic nitrogens is 3. The van der Waals surface area contributed by atoms with E-state index in [9.17, 15) is 10.1 Å². The summed E-state index contributed by atoms with van der Waals surface area (Å²) in [6.45, 7) is 1.43. The van der Waals surface area contributed by atoms with Gasteiger partial charge in [-0.05, 0) is 29.7 Å². The molecule has 0 saturated heterocycles. The molecule has 0 spiro atoms. The van der Waals surface area contributed by atoms with E-state index in [2.05, 4.69) is 20.1 Å². The van der Waals surface area contributed by atoms with Gasteiger partial charge in [0.25, 0.3) is 5.69 Å². The monoisotopic (exact) mass is 339 g/mol. The third kappa shape index (κ3) is 2.71. The number of fused-ring (bicyclic) bond motifs is 1. The van der Waals surface area contributed by atoms with Crippen molar-refractivity contribution in [2.75, 3.05) is 11.4 Å². The molecule has 0 unspecified atom stereocenters. The maximum atomic E-state index is 11.0. The number of nitro groups is 1. The Morgan fingerprint density at radius 2 is 2.08 bits per heavy atom. The first-order valence-electron chi connectivity index (χ1n) is 7.47. The van der Waals surface area contributed by atoms with Gasteiger partial charge in [-0.2, -0.15) is 0 Å². The Kier molecular flexibility index (Phi) is 3.66. The molecule has 0 atom stereocenters. The summed E-state index contributed by atoms with van der Waals surface area (Å²) >= 11 is 1.48. The molecule has 7 nitrogen and oxygen atoms in total. The second kappa shape index (κ2) is 5.97. The number of hydrogen-bond acceptors (Lipinski definition) is 7. The molecule has 1 aliphatic heterocycles. The quantitative estimate of drug-likeness (QED) is 0.538. The molecule has 0 aliphatic carbocycles. The van der Waals surface area contributed by atoms with Gasteiger partial charge in [-0.1, -0.05) is 23.5 Å². The number of anilines is 1. The van der Waals surface area contributed by atoms with Crippen LogP contribution in [0.3, 0.4) is 0 Å². The summed E-state index contributed by atoms with van der Waals surface area (Å²) in [7, 11) is 0. The van der Waals surface area contributed by atoms with Gasteiger partial charge >= 0.3 is 0 Å². The van der Waals surface area contributed by atoms with Gasteiger partial charge < -0.3 is 4.90 Å². The van der Waals surface area contributed by atoms with Crippen molar-refractivity contribution in [1.82, 2.24) is 15.2 Å². The van der Waals surface area contributed by atoms with Gasteiger partial charge in [0.05, 0.1) is 4.92 Å². The minimum atomic E-state index is -0.358. The van der Waals surface area contributed by atoms with Crippen LogP contribution in [-0.2, 0) is 13.0 Å². The number of hydrogen-bond donors (Lipinski definition) is 0. The van der Waals surface area contributed by atoms with Crippen LogP contribution in [0.1, 0.15) is 11.1 Å². The summed E-state index contributed by atoms with van der Waals surface area (Å²) in [5, 5.41) is 21.0. The van der Waals surface area contributed by atoms with Crippen molar-refractivity contribution in [3.8, 4) is 10.7 Å². The fourth-order valence-electron chi connectivity index (χ4n) is 2.76. The summed E-state index contributed by atoms with van der Waals surface area (Å²) < 4.78 is 0. The molecule has 1 aliphatic rings. The standard InChI is InChI=1S/C16H13N5O2S/c22-21(23)13-5-4-11-6-8-20(10-12(11)9-13)16-19-18-15(24-16)14-3-1-2-7-17-14/h1-5,7,9H,6,8,10H2. The topological polar surface area (TPSA) is 85.0 Å². The van der Waals surface area contributed by atoms with Gasteiger partial charge in [-0.25, -0.2) is 0 Å². The molecule has 1 aromatic carbocycles. The molecule has 0 bridgehead atoms. The first-order valence-corrected chi connectivity index (χ1v) is 8.28. The Morgan fingerprint density at radius 3 is 2.88 bits per heavy atom. The van der Waals surface area contributed by atoms with E-state index in [1.165, 1.54) is 11.3 Å². The molecular weight excluding hydrogens is 326 g/mol. The molecule has 3 aromatic rings. The molecule has 8 heteroatoms. The Balaban J connectivity index is 1.60. The van der Waals surface area contributed by atoms with Gasteiger partial charge in [0, 0.05) is 31.4 Å². The first kappa shape index (κ1) is 14.7. The van der Waals surface area contributed by atoms with Gasteiger partial charge in [-0.15, -0.1) is 10.2 Å². The van der Waals surface area contributed by atoms with Crippen LogP contribution in [0.2, 0.25) is 0 Å². The van der Waals surface area contributed by atoms with Crippen LogP contribution in [-0.4, -0.2) is 26.6 Å². The van der Waals surface area contributed by atoms with Crippen molar-refractivity contribution < 1.29 is 4.92 Å². The average Bonchev–Trinajstić information content (AvgIpc) is 3.11. The second-order valence-electron chi connectivity index (χ2n) is 5.49. The number of nitro benzene ring substituents is 1. The fourth-order valence-corrected chi connectivity index (χ4v) is 3.60. The van der Waals surface area contributed by atoms with E-state index in [1.807, 2.05) is 24.3 Å². The Labute approximate surface area is 141 Å². The predicted molar refractivity (Wildman–Crippen MR) is 91.0 cm³/mol. The molecule has 0 fully saturated rings. The van der Waals surface area contributed by atoms with Crippen LogP contribution < -0.4 is 4.90 Å². The molecule has 2 aromatic heterocycles. The highest BCUT2D eigenvalue weighted by atomic mass is 32.1. The van der Waals surface area contributed by atoms with E-state index in [4.69, 9.17) is 0 Å². The normalized spacial score (nSPS) is 13.6. The Bertz CT molecular complexity index is 896. The van der Waals surface area contributed by atoms with E-state index in [0.717, 1.165) is 39.9 Å². The lowest BCUT2D eigenvalue weighted by Gasteiger charge is -2.27. The molecule has 0 N–H and O–H groups in total. The number of nitrogens with zero attached hydrogens (tertiary/aromatic N) is 5. The van der Waals surface area contributed by atoms with E-state index >= 15 is 0 Å². The lowest BCUT2D eigenvalue weighted by Crippen LogP contribution is -2.30. The van der Waals surface area contributed by atoms with Gasteiger partial charge in [0.15, 0.2) is 5.01 Å². The lowest BCUT2D eigenvalue weighted by molar-refractivity contribution is -0.384. The first-order chi connectivity index (χ1) is 11.7. The number of rotatable bonds is 3. The van der Waals surface area contributed by atoms with Crippen LogP contribution >= 0.6 is 11.3 Å². The number of non-ortho nitro benzene ring substituents is 1. The van der Waals surface area contributed by atoms with Crippen molar-refractivity contribution in [1.29, 1.82) is 0 Å². The van der Waals surface area contributed by atoms with E-state index in [-0.39, 0.29) is 10.6 Å². The molecular formula is C16H13N5O2S. The van der Waals surface area contributed by atoms with Crippen LogP contribution in [0.5, 0.6) is 0 Å². The minimum Gasteiger partial charge on any atom is -0.342 e. The Hall–Kier alpha value is -2.87. The van der Waals surface area contributed by atoms with Crippen molar-refractivity contribution in [3.63, 3.8) is 0 Å². The van der Waals surface area contributed by atoms with Crippen LogP contribution in [0.15, 0.2) is 42.6 Å². The largest absolute Gasteiger partial charge is 0.342 e. The third-order valence-corrected chi connectivity index (χ3v) is 4.99. The van der Waals surface area contributed by atoms with Crippen molar-refractivity contribution in [2.45, 2.75) is 13.0 Å². The Morgan fingerprint density at radius 1 is 1.17 bits per heavy atom. The SMILES string of the molecule is O=[N+]([O-])c1ccc2c(c1)CN(c1nnc(-c3ccccn3)s1)CC2. The minimum absolute atomic E-state index is 0.127. The lowest BCUT2D eigenvalue weighted by atomic mass is 9.99. The molecule has 0 radical (unpaired) electrons. The maximum absolute atomic E-state index is 11.0. The highest BCUT2D eigenvalue weighted by Gasteiger charge is 2.22. The van der Waals surface area contributed by atoms with Gasteiger partial charge in [0.1, 0.15) is 5.69 Å². The van der Waals surface area contributed by atoms with Crippen LogP contribution in [0, 0.1) is 10.1 Å². The van der Waals surface area contributed by atoms with Crippen LogP contribution in [0.25, 0.3) is 10.7 Å². The fraction of sp³-hybridized carbons (Fsp3) is 0.188. The zero-order valence-electron chi connectivity index (χ0n) is 12.6. The smallest absolute Gasteiger partial charge is 0.269 e. The molecule has 0 saturated carbocycles. The zero-order chi connectivity index (χ0) is 16.5. The van der Waals surface area contributed by atoms with Crippen molar-refractivity contribution >= 4 is 22.2 Å². The van der Waals surface area contributed by atoms with Crippen molar-refractivity contribution in [3.05, 3.63) is 63.8 Å². The molecule has 120 valence electrons. The molecule has 4 rings (SSSR count). The summed E-state index contributed by atoms with van der Waals surface area (Å²) in [4.78, 5) is 17.0. The maximum Gasteiger partial charge on any atom is 0.269 e. The second-order valence-corrected chi connectivity index (χ2v) is 6.44. The van der Waals surface area contributed by atoms with E-state index < -0.39 is 0 Å². The number of pyridine rings is 1.